The molecule has 2 heterocycles. The van der Waals surface area contributed by atoms with Gasteiger partial charge in [-0.25, -0.2) is 4.79 Å². The molecule has 2 amide bonds. The van der Waals surface area contributed by atoms with Crippen molar-refractivity contribution >= 4 is 33.7 Å². The van der Waals surface area contributed by atoms with E-state index in [0.29, 0.717) is 28.5 Å². The summed E-state index contributed by atoms with van der Waals surface area (Å²) < 4.78 is 16.6. The highest BCUT2D eigenvalue weighted by atomic mass is 79.9. The largest absolute Gasteiger partial charge is 0.492 e. The molecule has 3 aromatic rings. The zero-order chi connectivity index (χ0) is 16.9. The third-order valence-electron chi connectivity index (χ3n) is 2.86. The van der Waals surface area contributed by atoms with Crippen LogP contribution in [0.25, 0.3) is 11.7 Å². The van der Waals surface area contributed by atoms with Crippen molar-refractivity contribution in [3.05, 3.63) is 41.1 Å². The number of para-hydroxylation sites is 2. The molecule has 0 aliphatic heterocycles. The first-order valence-corrected chi connectivity index (χ1v) is 7.84. The van der Waals surface area contributed by atoms with Crippen LogP contribution in [0.15, 0.2) is 49.9 Å². The minimum atomic E-state index is -0.530. The van der Waals surface area contributed by atoms with Gasteiger partial charge in [-0.15, -0.1) is 5.10 Å². The summed E-state index contributed by atoms with van der Waals surface area (Å²) in [7, 11) is 0. The van der Waals surface area contributed by atoms with Crippen molar-refractivity contribution in [2.24, 2.45) is 0 Å². The van der Waals surface area contributed by atoms with Crippen molar-refractivity contribution in [3.8, 4) is 17.4 Å². The molecule has 0 radical (unpaired) electrons. The standard InChI is InChI=1S/C15H13BrN4O4/c1-2-22-10-6-4-3-5-9(10)17-14(21)18-15-20-19-13(24-15)11-7-8-12(16)23-11/h3-8H,2H2,1H3,(H2,17,18,20,21). The van der Waals surface area contributed by atoms with Crippen molar-refractivity contribution in [1.29, 1.82) is 0 Å². The van der Waals surface area contributed by atoms with Crippen molar-refractivity contribution in [2.45, 2.75) is 6.92 Å². The molecule has 124 valence electrons. The quantitative estimate of drug-likeness (QED) is 0.676. The Morgan fingerprint density at radius 1 is 1.17 bits per heavy atom. The van der Waals surface area contributed by atoms with Crippen LogP contribution in [-0.4, -0.2) is 22.8 Å². The second kappa shape index (κ2) is 7.18. The topological polar surface area (TPSA) is 102 Å². The molecular weight excluding hydrogens is 380 g/mol. The molecule has 24 heavy (non-hydrogen) atoms. The molecule has 8 nitrogen and oxygen atoms in total. The number of urea groups is 1. The third kappa shape index (κ3) is 3.74. The van der Waals surface area contributed by atoms with Crippen LogP contribution in [0.4, 0.5) is 16.5 Å². The first-order chi connectivity index (χ1) is 11.7. The lowest BCUT2D eigenvalue weighted by Crippen LogP contribution is -2.20. The van der Waals surface area contributed by atoms with E-state index in [1.165, 1.54) is 0 Å². The Kier molecular flexibility index (Phi) is 4.80. The minimum Gasteiger partial charge on any atom is -0.492 e. The molecule has 0 bridgehead atoms. The summed E-state index contributed by atoms with van der Waals surface area (Å²) in [6, 6.07) is 9.88. The maximum Gasteiger partial charge on any atom is 0.327 e. The van der Waals surface area contributed by atoms with Crippen LogP contribution < -0.4 is 15.4 Å². The predicted molar refractivity (Wildman–Crippen MR) is 90.0 cm³/mol. The zero-order valence-electron chi connectivity index (χ0n) is 12.6. The average molecular weight is 393 g/mol. The van der Waals surface area contributed by atoms with Crippen molar-refractivity contribution < 1.29 is 18.4 Å². The van der Waals surface area contributed by atoms with Crippen molar-refractivity contribution in [3.63, 3.8) is 0 Å². The van der Waals surface area contributed by atoms with Crippen molar-refractivity contribution in [2.75, 3.05) is 17.2 Å². The zero-order valence-corrected chi connectivity index (χ0v) is 14.2. The maximum atomic E-state index is 12.1. The van der Waals surface area contributed by atoms with Gasteiger partial charge >= 0.3 is 12.0 Å². The van der Waals surface area contributed by atoms with Gasteiger partial charge in [0.1, 0.15) is 5.75 Å². The summed E-state index contributed by atoms with van der Waals surface area (Å²) in [4.78, 5) is 12.1. The molecule has 0 aliphatic carbocycles. The first-order valence-electron chi connectivity index (χ1n) is 7.04. The number of carbonyl (C=O) groups excluding carboxylic acids is 1. The number of furan rings is 1. The van der Waals surface area contributed by atoms with Gasteiger partial charge in [0.2, 0.25) is 0 Å². The molecular formula is C15H13BrN4O4. The van der Waals surface area contributed by atoms with Crippen LogP contribution in [0.2, 0.25) is 0 Å². The van der Waals surface area contributed by atoms with E-state index >= 15 is 0 Å². The molecule has 3 rings (SSSR count). The fourth-order valence-electron chi connectivity index (χ4n) is 1.90. The smallest absolute Gasteiger partial charge is 0.327 e. The van der Waals surface area contributed by atoms with Crippen LogP contribution in [0, 0.1) is 0 Å². The van der Waals surface area contributed by atoms with Crippen LogP contribution in [0.1, 0.15) is 6.92 Å². The molecule has 2 aromatic heterocycles. The second-order valence-corrected chi connectivity index (χ2v) is 5.31. The highest BCUT2D eigenvalue weighted by Gasteiger charge is 2.15. The van der Waals surface area contributed by atoms with E-state index in [0.717, 1.165) is 0 Å². The Balaban J connectivity index is 1.66. The number of hydrogen-bond acceptors (Lipinski definition) is 6. The number of amides is 2. The van der Waals surface area contributed by atoms with Crippen LogP contribution in [0.5, 0.6) is 5.75 Å². The lowest BCUT2D eigenvalue weighted by atomic mass is 10.3. The van der Waals surface area contributed by atoms with E-state index < -0.39 is 6.03 Å². The molecule has 0 unspecified atom stereocenters. The monoisotopic (exact) mass is 392 g/mol. The average Bonchev–Trinajstić information content (AvgIpc) is 3.18. The molecule has 0 atom stereocenters. The van der Waals surface area contributed by atoms with E-state index in [1.807, 2.05) is 13.0 Å². The summed E-state index contributed by atoms with van der Waals surface area (Å²) >= 11 is 3.18. The van der Waals surface area contributed by atoms with E-state index in [9.17, 15) is 4.79 Å². The number of anilines is 2. The van der Waals surface area contributed by atoms with Gasteiger partial charge in [-0.05, 0) is 47.1 Å². The fourth-order valence-corrected chi connectivity index (χ4v) is 2.21. The highest BCUT2D eigenvalue weighted by Crippen LogP contribution is 2.26. The summed E-state index contributed by atoms with van der Waals surface area (Å²) in [6.45, 7) is 2.36. The van der Waals surface area contributed by atoms with E-state index in [4.69, 9.17) is 13.6 Å². The van der Waals surface area contributed by atoms with Crippen LogP contribution in [-0.2, 0) is 0 Å². The molecule has 9 heteroatoms. The predicted octanol–water partition coefficient (Wildman–Crippen LogP) is 4.13. The molecule has 0 aliphatic rings. The van der Waals surface area contributed by atoms with Gasteiger partial charge in [0.05, 0.1) is 12.3 Å². The number of aromatic nitrogens is 2. The number of hydrogen-bond donors (Lipinski definition) is 2. The maximum absolute atomic E-state index is 12.1. The fraction of sp³-hybridized carbons (Fsp3) is 0.133. The van der Waals surface area contributed by atoms with Gasteiger partial charge in [0.15, 0.2) is 10.4 Å². The molecule has 0 fully saturated rings. The second-order valence-electron chi connectivity index (χ2n) is 4.52. The van der Waals surface area contributed by atoms with Crippen LogP contribution in [0.3, 0.4) is 0 Å². The Hall–Kier alpha value is -2.81. The first kappa shape index (κ1) is 16.1. The number of carbonyl (C=O) groups is 1. The number of rotatable bonds is 5. The SMILES string of the molecule is CCOc1ccccc1NC(=O)Nc1nnc(-c2ccc(Br)o2)o1. The molecule has 0 saturated carbocycles. The molecule has 2 N–H and O–H groups in total. The number of halogens is 1. The lowest BCUT2D eigenvalue weighted by molar-refractivity contribution is 0.261. The Labute approximate surface area is 145 Å². The third-order valence-corrected chi connectivity index (χ3v) is 3.29. The van der Waals surface area contributed by atoms with Gasteiger partial charge < -0.3 is 18.9 Å². The minimum absolute atomic E-state index is 0.0519. The van der Waals surface area contributed by atoms with E-state index in [-0.39, 0.29) is 11.9 Å². The number of ether oxygens (including phenoxy) is 1. The number of nitrogens with one attached hydrogen (secondary N) is 2. The highest BCUT2D eigenvalue weighted by molar-refractivity contribution is 9.10. The normalized spacial score (nSPS) is 10.4. The molecule has 1 aromatic carbocycles. The van der Waals surface area contributed by atoms with Gasteiger partial charge in [0, 0.05) is 0 Å². The number of benzene rings is 1. The summed E-state index contributed by atoms with van der Waals surface area (Å²) in [5, 5.41) is 12.7. The summed E-state index contributed by atoms with van der Waals surface area (Å²) in [5.74, 6) is 1.12. The van der Waals surface area contributed by atoms with E-state index in [2.05, 4.69) is 36.8 Å². The lowest BCUT2D eigenvalue weighted by Gasteiger charge is -2.10. The van der Waals surface area contributed by atoms with Crippen LogP contribution >= 0.6 is 15.9 Å². The van der Waals surface area contributed by atoms with Crippen molar-refractivity contribution in [1.82, 2.24) is 10.2 Å². The summed E-state index contributed by atoms with van der Waals surface area (Å²) in [6.07, 6.45) is 0. The van der Waals surface area contributed by atoms with Gasteiger partial charge in [0.25, 0.3) is 5.89 Å². The van der Waals surface area contributed by atoms with Gasteiger partial charge in [-0.2, -0.15) is 0 Å². The summed E-state index contributed by atoms with van der Waals surface area (Å²) in [5.41, 5.74) is 0.534. The Morgan fingerprint density at radius 2 is 2.00 bits per heavy atom. The van der Waals surface area contributed by atoms with E-state index in [1.54, 1.807) is 30.3 Å². The Bertz CT molecular complexity index is 845. The molecule has 0 saturated heterocycles. The van der Waals surface area contributed by atoms with Gasteiger partial charge in [-0.1, -0.05) is 17.2 Å². The Morgan fingerprint density at radius 3 is 2.75 bits per heavy atom. The van der Waals surface area contributed by atoms with Gasteiger partial charge in [-0.3, -0.25) is 5.32 Å². The number of nitrogens with zero attached hydrogens (tertiary/aromatic N) is 2. The molecule has 0 spiro atoms.